The Kier molecular flexibility index (Phi) is 5.87. The molecule has 7 nitrogen and oxygen atoms in total. The second-order valence-electron chi connectivity index (χ2n) is 5.50. The number of phenols is 1. The van der Waals surface area contributed by atoms with E-state index in [1.165, 1.54) is 4.68 Å². The van der Waals surface area contributed by atoms with Crippen LogP contribution in [0.5, 0.6) is 17.2 Å². The highest BCUT2D eigenvalue weighted by Gasteiger charge is 2.13. The van der Waals surface area contributed by atoms with Crippen LogP contribution in [0, 0.1) is 4.77 Å². The van der Waals surface area contributed by atoms with Gasteiger partial charge in [0.05, 0.1) is 25.0 Å². The standard InChI is InChI=1S/C19H20N4O3S/c1-3-25-16-8-6-5-7-14(16)18-21-22-19(27)23(18)20-12-13-9-10-15(24)17(11-13)26-4-2/h5-12,24H,3-4H2,1-2H3,(H,22,27)/b20-12-. The Morgan fingerprint density at radius 2 is 1.89 bits per heavy atom. The summed E-state index contributed by atoms with van der Waals surface area (Å²) in [7, 11) is 0. The van der Waals surface area contributed by atoms with Crippen molar-refractivity contribution in [2.75, 3.05) is 13.2 Å². The highest BCUT2D eigenvalue weighted by Crippen LogP contribution is 2.29. The van der Waals surface area contributed by atoms with E-state index in [4.69, 9.17) is 21.7 Å². The zero-order valence-corrected chi connectivity index (χ0v) is 15.9. The van der Waals surface area contributed by atoms with Crippen molar-refractivity contribution in [2.24, 2.45) is 5.10 Å². The van der Waals surface area contributed by atoms with Crippen LogP contribution in [0.2, 0.25) is 0 Å². The molecule has 0 bridgehead atoms. The molecule has 1 heterocycles. The van der Waals surface area contributed by atoms with Gasteiger partial charge in [0.1, 0.15) is 5.75 Å². The number of ether oxygens (including phenoxy) is 2. The van der Waals surface area contributed by atoms with Gasteiger partial charge in [-0.25, -0.2) is 5.10 Å². The lowest BCUT2D eigenvalue weighted by atomic mass is 10.2. The maximum absolute atomic E-state index is 9.82. The first-order valence-corrected chi connectivity index (χ1v) is 8.94. The molecule has 0 aliphatic carbocycles. The maximum Gasteiger partial charge on any atom is 0.216 e. The van der Waals surface area contributed by atoms with Gasteiger partial charge in [-0.3, -0.25) is 0 Å². The third kappa shape index (κ3) is 4.17. The van der Waals surface area contributed by atoms with Crippen molar-refractivity contribution in [1.82, 2.24) is 14.9 Å². The number of nitrogens with one attached hydrogen (secondary N) is 1. The first-order valence-electron chi connectivity index (χ1n) is 8.53. The number of H-pyrrole nitrogens is 1. The van der Waals surface area contributed by atoms with E-state index in [2.05, 4.69) is 15.3 Å². The Morgan fingerprint density at radius 1 is 1.15 bits per heavy atom. The molecular weight excluding hydrogens is 364 g/mol. The van der Waals surface area contributed by atoms with Crippen LogP contribution in [-0.4, -0.2) is 39.4 Å². The minimum Gasteiger partial charge on any atom is -0.504 e. The maximum atomic E-state index is 9.82. The minimum absolute atomic E-state index is 0.0836. The number of nitrogens with zero attached hydrogens (tertiary/aromatic N) is 3. The fraction of sp³-hybridized carbons (Fsp3) is 0.211. The molecule has 2 N–H and O–H groups in total. The van der Waals surface area contributed by atoms with Gasteiger partial charge in [0, 0.05) is 0 Å². The van der Waals surface area contributed by atoms with Crippen molar-refractivity contribution in [2.45, 2.75) is 13.8 Å². The molecule has 8 heteroatoms. The average molecular weight is 384 g/mol. The van der Waals surface area contributed by atoms with Crippen LogP contribution < -0.4 is 9.47 Å². The van der Waals surface area contributed by atoms with E-state index < -0.39 is 0 Å². The van der Waals surface area contributed by atoms with E-state index in [-0.39, 0.29) is 5.75 Å². The van der Waals surface area contributed by atoms with Crippen LogP contribution in [-0.2, 0) is 0 Å². The second kappa shape index (κ2) is 8.50. The number of phenolic OH excluding ortho intramolecular Hbond substituents is 1. The fourth-order valence-corrected chi connectivity index (χ4v) is 2.69. The van der Waals surface area contributed by atoms with Gasteiger partial charge in [0.25, 0.3) is 0 Å². The number of aromatic hydroxyl groups is 1. The topological polar surface area (TPSA) is 84.7 Å². The predicted octanol–water partition coefficient (Wildman–Crippen LogP) is 3.99. The molecule has 0 atom stereocenters. The monoisotopic (exact) mass is 384 g/mol. The minimum atomic E-state index is 0.0836. The number of aromatic nitrogens is 3. The molecule has 0 spiro atoms. The molecule has 0 saturated carbocycles. The number of hydrogen-bond donors (Lipinski definition) is 2. The van der Waals surface area contributed by atoms with E-state index in [1.807, 2.05) is 38.1 Å². The third-order valence-electron chi connectivity index (χ3n) is 3.68. The predicted molar refractivity (Wildman–Crippen MR) is 106 cm³/mol. The van der Waals surface area contributed by atoms with Crippen LogP contribution in [0.3, 0.4) is 0 Å². The van der Waals surface area contributed by atoms with Crippen molar-refractivity contribution >= 4 is 18.4 Å². The first-order chi connectivity index (χ1) is 13.1. The molecule has 0 radical (unpaired) electrons. The highest BCUT2D eigenvalue weighted by molar-refractivity contribution is 7.71. The van der Waals surface area contributed by atoms with Gasteiger partial charge in [-0.2, -0.15) is 14.9 Å². The van der Waals surface area contributed by atoms with Crippen LogP contribution in [0.4, 0.5) is 0 Å². The number of hydrogen-bond acceptors (Lipinski definition) is 6. The van der Waals surface area contributed by atoms with Gasteiger partial charge < -0.3 is 14.6 Å². The quantitative estimate of drug-likeness (QED) is 0.475. The molecular formula is C19H20N4O3S. The SMILES string of the molecule is CCOc1cc(/C=N\n2c(-c3ccccc3OCC)n[nH]c2=S)ccc1O. The zero-order chi connectivity index (χ0) is 19.2. The van der Waals surface area contributed by atoms with Crippen molar-refractivity contribution in [1.29, 1.82) is 0 Å². The molecule has 0 amide bonds. The summed E-state index contributed by atoms with van der Waals surface area (Å²) in [5, 5.41) is 21.3. The molecule has 1 aromatic heterocycles. The van der Waals surface area contributed by atoms with Crippen molar-refractivity contribution in [3.63, 3.8) is 0 Å². The average Bonchev–Trinajstić information content (AvgIpc) is 3.04. The van der Waals surface area contributed by atoms with Gasteiger partial charge in [0.2, 0.25) is 4.77 Å². The lowest BCUT2D eigenvalue weighted by molar-refractivity contribution is 0.318. The molecule has 0 aliphatic heterocycles. The summed E-state index contributed by atoms with van der Waals surface area (Å²) in [5.74, 6) is 1.73. The molecule has 0 fully saturated rings. The second-order valence-corrected chi connectivity index (χ2v) is 5.88. The lowest BCUT2D eigenvalue weighted by Gasteiger charge is -2.09. The summed E-state index contributed by atoms with van der Waals surface area (Å²) >= 11 is 5.31. The van der Waals surface area contributed by atoms with Crippen LogP contribution in [0.25, 0.3) is 11.4 Å². The van der Waals surface area contributed by atoms with Gasteiger partial charge in [-0.1, -0.05) is 12.1 Å². The van der Waals surface area contributed by atoms with Crippen molar-refractivity contribution in [3.8, 4) is 28.6 Å². The molecule has 0 saturated heterocycles. The summed E-state index contributed by atoms with van der Waals surface area (Å²) in [6.45, 7) is 4.78. The summed E-state index contributed by atoms with van der Waals surface area (Å²) in [6, 6.07) is 12.6. The van der Waals surface area contributed by atoms with Gasteiger partial charge in [-0.05, 0) is 62.0 Å². The fourth-order valence-electron chi connectivity index (χ4n) is 2.51. The summed E-state index contributed by atoms with van der Waals surface area (Å²) < 4.78 is 13.0. The number of rotatable bonds is 7. The molecule has 2 aromatic carbocycles. The Morgan fingerprint density at radius 3 is 2.67 bits per heavy atom. The van der Waals surface area contributed by atoms with Crippen LogP contribution in [0.1, 0.15) is 19.4 Å². The van der Waals surface area contributed by atoms with Crippen LogP contribution in [0.15, 0.2) is 47.6 Å². The largest absolute Gasteiger partial charge is 0.504 e. The molecule has 140 valence electrons. The Labute approximate surface area is 161 Å². The smallest absolute Gasteiger partial charge is 0.216 e. The Bertz CT molecular complexity index is 1010. The molecule has 0 aliphatic rings. The van der Waals surface area contributed by atoms with E-state index in [1.54, 1.807) is 24.4 Å². The van der Waals surface area contributed by atoms with Gasteiger partial charge >= 0.3 is 0 Å². The van der Waals surface area contributed by atoms with E-state index in [9.17, 15) is 5.11 Å². The van der Waals surface area contributed by atoms with Crippen molar-refractivity contribution < 1.29 is 14.6 Å². The molecule has 3 rings (SSSR count). The van der Waals surface area contributed by atoms with E-state index in [0.717, 1.165) is 11.1 Å². The number of aromatic amines is 1. The highest BCUT2D eigenvalue weighted by atomic mass is 32.1. The van der Waals surface area contributed by atoms with Gasteiger partial charge in [0.15, 0.2) is 17.3 Å². The normalized spacial score (nSPS) is 11.0. The summed E-state index contributed by atoms with van der Waals surface area (Å²) in [5.41, 5.74) is 1.54. The molecule has 3 aromatic rings. The van der Waals surface area contributed by atoms with E-state index >= 15 is 0 Å². The van der Waals surface area contributed by atoms with Crippen LogP contribution >= 0.6 is 12.2 Å². The Hall–Kier alpha value is -3.13. The van der Waals surface area contributed by atoms with Crippen molar-refractivity contribution in [3.05, 3.63) is 52.8 Å². The zero-order valence-electron chi connectivity index (χ0n) is 15.0. The molecule has 0 unspecified atom stereocenters. The number of para-hydroxylation sites is 1. The lowest BCUT2D eigenvalue weighted by Crippen LogP contribution is -1.99. The first kappa shape index (κ1) is 18.7. The summed E-state index contributed by atoms with van der Waals surface area (Å²) in [6.07, 6.45) is 1.63. The Balaban J connectivity index is 1.98. The third-order valence-corrected chi connectivity index (χ3v) is 3.95. The van der Waals surface area contributed by atoms with E-state index in [0.29, 0.717) is 35.3 Å². The summed E-state index contributed by atoms with van der Waals surface area (Å²) in [4.78, 5) is 0. The molecule has 27 heavy (non-hydrogen) atoms. The van der Waals surface area contributed by atoms with Gasteiger partial charge in [-0.15, -0.1) is 0 Å². The number of benzene rings is 2.